The van der Waals surface area contributed by atoms with Gasteiger partial charge >= 0.3 is 0 Å². The highest BCUT2D eigenvalue weighted by Crippen LogP contribution is 2.31. The Hall–Kier alpha value is -0.650. The SMILES string of the molecule is CN1CCC(C)(CNc2ccc(Br)cc2C(N)=S)CC1. The Morgan fingerprint density at radius 2 is 2.10 bits per heavy atom. The van der Waals surface area contributed by atoms with Crippen LogP contribution >= 0.6 is 28.1 Å². The lowest BCUT2D eigenvalue weighted by molar-refractivity contribution is 0.150. The fourth-order valence-corrected chi connectivity index (χ4v) is 3.05. The molecule has 0 bridgehead atoms. The number of nitrogens with two attached hydrogens (primary N) is 1. The number of halogens is 1. The largest absolute Gasteiger partial charge is 0.389 e. The number of anilines is 1. The van der Waals surface area contributed by atoms with E-state index < -0.39 is 0 Å². The molecule has 2 rings (SSSR count). The minimum atomic E-state index is 0.340. The first-order valence-electron chi connectivity index (χ1n) is 6.91. The molecule has 0 spiro atoms. The molecule has 3 N–H and O–H groups in total. The van der Waals surface area contributed by atoms with Crippen molar-refractivity contribution in [3.63, 3.8) is 0 Å². The van der Waals surface area contributed by atoms with Gasteiger partial charge in [-0.15, -0.1) is 0 Å². The van der Waals surface area contributed by atoms with Crippen molar-refractivity contribution >= 4 is 38.8 Å². The normalized spacial score (nSPS) is 18.8. The lowest BCUT2D eigenvalue weighted by atomic mass is 9.80. The summed E-state index contributed by atoms with van der Waals surface area (Å²) in [6.45, 7) is 5.64. The van der Waals surface area contributed by atoms with E-state index in [1.54, 1.807) is 0 Å². The molecule has 3 nitrogen and oxygen atoms in total. The molecule has 1 aliphatic heterocycles. The van der Waals surface area contributed by atoms with Gasteiger partial charge in [0.05, 0.1) is 0 Å². The minimum Gasteiger partial charge on any atom is -0.389 e. The van der Waals surface area contributed by atoms with Gasteiger partial charge in [0.15, 0.2) is 0 Å². The van der Waals surface area contributed by atoms with Crippen LogP contribution in [-0.4, -0.2) is 36.6 Å². The average molecular weight is 356 g/mol. The predicted octanol–water partition coefficient (Wildman–Crippen LogP) is 3.23. The van der Waals surface area contributed by atoms with Crippen LogP contribution in [0.1, 0.15) is 25.3 Å². The van der Waals surface area contributed by atoms with Crippen molar-refractivity contribution in [2.75, 3.05) is 32.0 Å². The summed E-state index contributed by atoms with van der Waals surface area (Å²) >= 11 is 8.59. The van der Waals surface area contributed by atoms with Crippen LogP contribution < -0.4 is 11.1 Å². The van der Waals surface area contributed by atoms with E-state index in [1.165, 1.54) is 25.9 Å². The minimum absolute atomic E-state index is 0.340. The maximum atomic E-state index is 5.81. The highest BCUT2D eigenvalue weighted by atomic mass is 79.9. The topological polar surface area (TPSA) is 41.3 Å². The summed E-state index contributed by atoms with van der Waals surface area (Å²) in [6.07, 6.45) is 2.44. The number of hydrogen-bond donors (Lipinski definition) is 2. The van der Waals surface area contributed by atoms with Crippen LogP contribution in [0.5, 0.6) is 0 Å². The molecule has 0 saturated carbocycles. The number of piperidine rings is 1. The van der Waals surface area contributed by atoms with E-state index in [0.717, 1.165) is 22.3 Å². The van der Waals surface area contributed by atoms with Gasteiger partial charge in [0.2, 0.25) is 0 Å². The zero-order valence-corrected chi connectivity index (χ0v) is 14.5. The maximum Gasteiger partial charge on any atom is 0.106 e. The van der Waals surface area contributed by atoms with Crippen LogP contribution in [-0.2, 0) is 0 Å². The summed E-state index contributed by atoms with van der Waals surface area (Å²) in [7, 11) is 2.19. The molecule has 20 heavy (non-hydrogen) atoms. The van der Waals surface area contributed by atoms with Crippen molar-refractivity contribution in [2.45, 2.75) is 19.8 Å². The number of likely N-dealkylation sites (tertiary alicyclic amines) is 1. The number of nitrogens with one attached hydrogen (secondary N) is 1. The van der Waals surface area contributed by atoms with Gasteiger partial charge < -0.3 is 16.0 Å². The summed E-state index contributed by atoms with van der Waals surface area (Å²) in [5.74, 6) is 0. The summed E-state index contributed by atoms with van der Waals surface area (Å²) < 4.78 is 0.997. The Morgan fingerprint density at radius 3 is 2.70 bits per heavy atom. The number of hydrogen-bond acceptors (Lipinski definition) is 3. The highest BCUT2D eigenvalue weighted by Gasteiger charge is 2.28. The molecule has 0 unspecified atom stereocenters. The average Bonchev–Trinajstić information content (AvgIpc) is 2.41. The van der Waals surface area contributed by atoms with E-state index in [0.29, 0.717) is 10.4 Å². The first-order valence-corrected chi connectivity index (χ1v) is 8.11. The van der Waals surface area contributed by atoms with Gasteiger partial charge in [-0.05, 0) is 56.6 Å². The van der Waals surface area contributed by atoms with Crippen molar-refractivity contribution in [1.29, 1.82) is 0 Å². The van der Waals surface area contributed by atoms with Crippen LogP contribution in [0.2, 0.25) is 0 Å². The predicted molar refractivity (Wildman–Crippen MR) is 93.4 cm³/mol. The van der Waals surface area contributed by atoms with E-state index in [-0.39, 0.29) is 0 Å². The van der Waals surface area contributed by atoms with Crippen LogP contribution in [0.15, 0.2) is 22.7 Å². The van der Waals surface area contributed by atoms with Gasteiger partial charge in [-0.3, -0.25) is 0 Å². The van der Waals surface area contributed by atoms with Crippen LogP contribution in [0, 0.1) is 5.41 Å². The number of thiocarbonyl (C=S) groups is 1. The molecule has 0 atom stereocenters. The molecular formula is C15H22BrN3S. The lowest BCUT2D eigenvalue weighted by Crippen LogP contribution is -2.40. The molecule has 1 aliphatic rings. The van der Waals surface area contributed by atoms with Crippen LogP contribution in [0.4, 0.5) is 5.69 Å². The molecule has 1 fully saturated rings. The van der Waals surface area contributed by atoms with Crippen LogP contribution in [0.3, 0.4) is 0 Å². The van der Waals surface area contributed by atoms with Gasteiger partial charge in [0.25, 0.3) is 0 Å². The molecule has 1 heterocycles. The second-order valence-corrected chi connectivity index (χ2v) is 7.38. The summed E-state index contributed by atoms with van der Waals surface area (Å²) in [5.41, 5.74) is 8.08. The van der Waals surface area contributed by atoms with Crippen molar-refractivity contribution in [3.8, 4) is 0 Å². The standard InChI is InChI=1S/C15H22BrN3S/c1-15(5-7-19(2)8-6-15)10-18-13-4-3-11(16)9-12(13)14(17)20/h3-4,9,18H,5-8,10H2,1-2H3,(H2,17,20). The Kier molecular flexibility index (Phi) is 5.04. The van der Waals surface area contributed by atoms with Crippen molar-refractivity contribution in [2.24, 2.45) is 11.1 Å². The highest BCUT2D eigenvalue weighted by molar-refractivity contribution is 9.10. The van der Waals surface area contributed by atoms with E-state index in [2.05, 4.69) is 40.1 Å². The fraction of sp³-hybridized carbons (Fsp3) is 0.533. The number of benzene rings is 1. The zero-order valence-electron chi connectivity index (χ0n) is 12.1. The van der Waals surface area contributed by atoms with Gasteiger partial charge in [-0.25, -0.2) is 0 Å². The Bertz CT molecular complexity index is 496. The van der Waals surface area contributed by atoms with E-state index >= 15 is 0 Å². The molecule has 1 aromatic rings. The monoisotopic (exact) mass is 355 g/mol. The molecule has 0 aromatic heterocycles. The first-order chi connectivity index (χ1) is 9.39. The number of nitrogens with zero attached hydrogens (tertiary/aromatic N) is 1. The molecule has 0 radical (unpaired) electrons. The van der Waals surface area contributed by atoms with Gasteiger partial charge in [-0.2, -0.15) is 0 Å². The van der Waals surface area contributed by atoms with E-state index in [1.807, 2.05) is 18.2 Å². The Labute approximate surface area is 135 Å². The molecule has 110 valence electrons. The van der Waals surface area contributed by atoms with Crippen LogP contribution in [0.25, 0.3) is 0 Å². The smallest absolute Gasteiger partial charge is 0.106 e. The summed E-state index contributed by atoms with van der Waals surface area (Å²) in [5, 5.41) is 3.54. The fourth-order valence-electron chi connectivity index (χ4n) is 2.52. The summed E-state index contributed by atoms with van der Waals surface area (Å²) in [6, 6.07) is 6.03. The quantitative estimate of drug-likeness (QED) is 0.813. The Morgan fingerprint density at radius 1 is 1.45 bits per heavy atom. The first kappa shape index (κ1) is 15.7. The summed E-state index contributed by atoms with van der Waals surface area (Å²) in [4.78, 5) is 2.82. The Balaban J connectivity index is 2.05. The maximum absolute atomic E-state index is 5.81. The third kappa shape index (κ3) is 3.93. The molecule has 1 saturated heterocycles. The van der Waals surface area contributed by atoms with Gasteiger partial charge in [0.1, 0.15) is 4.99 Å². The van der Waals surface area contributed by atoms with E-state index in [9.17, 15) is 0 Å². The molecular weight excluding hydrogens is 334 g/mol. The molecule has 5 heteroatoms. The third-order valence-electron chi connectivity index (χ3n) is 4.15. The molecule has 0 aliphatic carbocycles. The number of rotatable bonds is 4. The van der Waals surface area contributed by atoms with Gasteiger partial charge in [0, 0.05) is 22.3 Å². The third-order valence-corrected chi connectivity index (χ3v) is 4.86. The van der Waals surface area contributed by atoms with Crippen molar-refractivity contribution < 1.29 is 0 Å². The second kappa shape index (κ2) is 6.41. The zero-order chi connectivity index (χ0) is 14.8. The molecule has 0 amide bonds. The van der Waals surface area contributed by atoms with Gasteiger partial charge in [-0.1, -0.05) is 35.1 Å². The van der Waals surface area contributed by atoms with Crippen molar-refractivity contribution in [1.82, 2.24) is 4.90 Å². The van der Waals surface area contributed by atoms with Crippen molar-refractivity contribution in [3.05, 3.63) is 28.2 Å². The van der Waals surface area contributed by atoms with E-state index in [4.69, 9.17) is 18.0 Å². The molecule has 1 aromatic carbocycles. The lowest BCUT2D eigenvalue weighted by Gasteiger charge is -2.38. The second-order valence-electron chi connectivity index (χ2n) is 6.02.